The van der Waals surface area contributed by atoms with Gasteiger partial charge in [0.25, 0.3) is 0 Å². The number of unbranched alkanes of at least 4 members (excludes halogenated alkanes) is 2. The van der Waals surface area contributed by atoms with E-state index in [0.717, 1.165) is 17.8 Å². The predicted molar refractivity (Wildman–Crippen MR) is 77.4 cm³/mol. The molecule has 0 saturated carbocycles. The Kier molecular flexibility index (Phi) is 5.47. The maximum atomic E-state index is 12.4. The van der Waals surface area contributed by atoms with E-state index in [9.17, 15) is 8.78 Å². The Labute approximate surface area is 121 Å². The molecule has 1 heterocycles. The maximum Gasteiger partial charge on any atom is 0.387 e. The number of hydrogen-bond acceptors (Lipinski definition) is 3. The molecule has 0 radical (unpaired) electrons. The van der Waals surface area contributed by atoms with Crippen LogP contribution in [0.2, 0.25) is 0 Å². The summed E-state index contributed by atoms with van der Waals surface area (Å²) in [6.07, 6.45) is 6.32. The van der Waals surface area contributed by atoms with Gasteiger partial charge in [-0.25, -0.2) is 4.98 Å². The average molecular weight is 297 g/mol. The lowest BCUT2D eigenvalue weighted by molar-refractivity contribution is -0.0494. The van der Waals surface area contributed by atoms with Gasteiger partial charge in [-0.15, -0.1) is 11.3 Å². The number of benzene rings is 1. The summed E-state index contributed by atoms with van der Waals surface area (Å²) in [5.41, 5.74) is 0.625. The van der Waals surface area contributed by atoms with E-state index >= 15 is 0 Å². The van der Waals surface area contributed by atoms with Crippen molar-refractivity contribution in [2.75, 3.05) is 0 Å². The van der Waals surface area contributed by atoms with Gasteiger partial charge < -0.3 is 4.74 Å². The summed E-state index contributed by atoms with van der Waals surface area (Å²) < 4.78 is 29.3. The molecule has 1 aromatic carbocycles. The lowest BCUT2D eigenvalue weighted by Gasteiger charge is -2.08. The van der Waals surface area contributed by atoms with Crippen LogP contribution in [0.3, 0.4) is 0 Å². The molecule has 20 heavy (non-hydrogen) atoms. The minimum absolute atomic E-state index is 0.178. The van der Waals surface area contributed by atoms with Crippen LogP contribution in [0.5, 0.6) is 5.75 Å². The van der Waals surface area contributed by atoms with E-state index in [1.807, 2.05) is 6.20 Å². The summed E-state index contributed by atoms with van der Waals surface area (Å²) in [5, 5.41) is 0.729. The lowest BCUT2D eigenvalue weighted by Crippen LogP contribution is -2.02. The van der Waals surface area contributed by atoms with Crippen molar-refractivity contribution in [3.05, 3.63) is 35.3 Å². The highest BCUT2D eigenvalue weighted by Crippen LogP contribution is 2.34. The smallest absolute Gasteiger partial charge is 0.387 e. The number of para-hydroxylation sites is 1. The van der Waals surface area contributed by atoms with Crippen LogP contribution >= 0.6 is 11.3 Å². The second-order valence-corrected chi connectivity index (χ2v) is 5.58. The van der Waals surface area contributed by atoms with Crippen LogP contribution in [0.25, 0.3) is 10.6 Å². The van der Waals surface area contributed by atoms with Crippen LogP contribution in [0.4, 0.5) is 8.78 Å². The molecule has 0 aliphatic heterocycles. The Hall–Kier alpha value is -1.49. The van der Waals surface area contributed by atoms with E-state index in [0.29, 0.717) is 5.56 Å². The highest BCUT2D eigenvalue weighted by atomic mass is 32.1. The maximum absolute atomic E-state index is 12.4. The largest absolute Gasteiger partial charge is 0.434 e. The first-order valence-corrected chi connectivity index (χ1v) is 7.51. The molecule has 2 rings (SSSR count). The van der Waals surface area contributed by atoms with Gasteiger partial charge in [-0.1, -0.05) is 31.9 Å². The fourth-order valence-corrected chi connectivity index (χ4v) is 2.92. The number of halogens is 2. The van der Waals surface area contributed by atoms with Crippen LogP contribution in [0.15, 0.2) is 30.5 Å². The summed E-state index contributed by atoms with van der Waals surface area (Å²) >= 11 is 1.54. The number of aromatic nitrogens is 1. The molecule has 0 saturated heterocycles. The number of ether oxygens (including phenoxy) is 1. The second-order valence-electron chi connectivity index (χ2n) is 4.46. The first-order chi connectivity index (χ1) is 9.70. The Morgan fingerprint density at radius 1 is 1.25 bits per heavy atom. The summed E-state index contributed by atoms with van der Waals surface area (Å²) in [7, 11) is 0. The van der Waals surface area contributed by atoms with E-state index in [-0.39, 0.29) is 5.75 Å². The number of hydrogen-bond donors (Lipinski definition) is 0. The molecule has 0 unspecified atom stereocenters. The summed E-state index contributed by atoms with van der Waals surface area (Å²) in [5.74, 6) is 0.178. The Bertz CT molecular complexity index is 542. The average Bonchev–Trinajstić information content (AvgIpc) is 2.88. The van der Waals surface area contributed by atoms with E-state index < -0.39 is 6.61 Å². The van der Waals surface area contributed by atoms with Crippen LogP contribution < -0.4 is 4.74 Å². The summed E-state index contributed by atoms with van der Waals surface area (Å²) in [4.78, 5) is 5.51. The van der Waals surface area contributed by atoms with Crippen molar-refractivity contribution >= 4 is 11.3 Å². The molecule has 2 nitrogen and oxygen atoms in total. The lowest BCUT2D eigenvalue weighted by atomic mass is 10.2. The van der Waals surface area contributed by atoms with Gasteiger partial charge in [0.1, 0.15) is 10.8 Å². The first-order valence-electron chi connectivity index (χ1n) is 6.69. The van der Waals surface area contributed by atoms with E-state index in [1.165, 1.54) is 17.7 Å². The van der Waals surface area contributed by atoms with Crippen molar-refractivity contribution < 1.29 is 13.5 Å². The van der Waals surface area contributed by atoms with E-state index in [1.54, 1.807) is 35.6 Å². The third kappa shape index (κ3) is 4.00. The molecule has 0 fully saturated rings. The molecule has 0 bridgehead atoms. The molecule has 5 heteroatoms. The third-order valence-corrected chi connectivity index (χ3v) is 4.00. The van der Waals surface area contributed by atoms with Gasteiger partial charge >= 0.3 is 6.61 Å². The molecular formula is C15H17F2NOS. The normalized spacial score (nSPS) is 11.0. The minimum atomic E-state index is -2.82. The number of thiazole rings is 1. The molecule has 0 N–H and O–H groups in total. The standard InChI is InChI=1S/C15H17F2NOS/c1-2-3-4-7-11-10-18-14(20-11)12-8-5-6-9-13(12)19-15(16)17/h5-6,8-10,15H,2-4,7H2,1H3. The number of nitrogens with zero attached hydrogens (tertiary/aromatic N) is 1. The SMILES string of the molecule is CCCCCc1cnc(-c2ccccc2OC(F)F)s1. The molecular weight excluding hydrogens is 280 g/mol. The third-order valence-electron chi connectivity index (χ3n) is 2.91. The van der Waals surface area contributed by atoms with E-state index in [4.69, 9.17) is 0 Å². The number of rotatable bonds is 7. The fourth-order valence-electron chi connectivity index (χ4n) is 1.94. The second kappa shape index (κ2) is 7.33. The van der Waals surface area contributed by atoms with Crippen molar-refractivity contribution in [3.63, 3.8) is 0 Å². The number of alkyl halides is 2. The minimum Gasteiger partial charge on any atom is -0.434 e. The van der Waals surface area contributed by atoms with Crippen molar-refractivity contribution in [2.24, 2.45) is 0 Å². The molecule has 108 valence electrons. The van der Waals surface area contributed by atoms with Crippen LogP contribution in [-0.2, 0) is 6.42 Å². The zero-order valence-electron chi connectivity index (χ0n) is 11.3. The summed E-state index contributed by atoms with van der Waals surface area (Å²) in [6.45, 7) is -0.657. The zero-order chi connectivity index (χ0) is 14.4. The Balaban J connectivity index is 2.15. The van der Waals surface area contributed by atoms with Gasteiger partial charge in [0.2, 0.25) is 0 Å². The molecule has 0 aliphatic rings. The van der Waals surface area contributed by atoms with Gasteiger partial charge in [0.05, 0.1) is 5.56 Å². The molecule has 2 aromatic rings. The van der Waals surface area contributed by atoms with Crippen molar-refractivity contribution in [3.8, 4) is 16.3 Å². The van der Waals surface area contributed by atoms with Crippen molar-refractivity contribution in [2.45, 2.75) is 39.2 Å². The monoisotopic (exact) mass is 297 g/mol. The van der Waals surface area contributed by atoms with Gasteiger partial charge in [0, 0.05) is 11.1 Å². The molecule has 0 spiro atoms. The molecule has 0 amide bonds. The van der Waals surface area contributed by atoms with Gasteiger partial charge in [0.15, 0.2) is 0 Å². The molecule has 0 aliphatic carbocycles. The Morgan fingerprint density at radius 3 is 2.80 bits per heavy atom. The van der Waals surface area contributed by atoms with Gasteiger partial charge in [-0.05, 0) is 25.0 Å². The molecule has 1 aromatic heterocycles. The zero-order valence-corrected chi connectivity index (χ0v) is 12.1. The quantitative estimate of drug-likeness (QED) is 0.660. The van der Waals surface area contributed by atoms with Crippen LogP contribution in [-0.4, -0.2) is 11.6 Å². The first kappa shape index (κ1) is 14.9. The van der Waals surface area contributed by atoms with Crippen LogP contribution in [0.1, 0.15) is 31.1 Å². The fraction of sp³-hybridized carbons (Fsp3) is 0.400. The van der Waals surface area contributed by atoms with Crippen LogP contribution in [0, 0.1) is 0 Å². The summed E-state index contributed by atoms with van der Waals surface area (Å²) in [6, 6.07) is 6.77. The van der Waals surface area contributed by atoms with E-state index in [2.05, 4.69) is 16.6 Å². The molecule has 0 atom stereocenters. The predicted octanol–water partition coefficient (Wildman–Crippen LogP) is 5.14. The highest BCUT2D eigenvalue weighted by Gasteiger charge is 2.13. The van der Waals surface area contributed by atoms with Crippen molar-refractivity contribution in [1.82, 2.24) is 4.98 Å². The van der Waals surface area contributed by atoms with Crippen molar-refractivity contribution in [1.29, 1.82) is 0 Å². The number of aryl methyl sites for hydroxylation is 1. The van der Waals surface area contributed by atoms with Gasteiger partial charge in [-0.2, -0.15) is 8.78 Å². The Morgan fingerprint density at radius 2 is 2.05 bits per heavy atom. The highest BCUT2D eigenvalue weighted by molar-refractivity contribution is 7.15. The topological polar surface area (TPSA) is 22.1 Å². The van der Waals surface area contributed by atoms with Gasteiger partial charge in [-0.3, -0.25) is 0 Å².